The molecule has 1 heterocycles. The molecule has 2 rings (SSSR count). The van der Waals surface area contributed by atoms with Crippen LogP contribution < -0.4 is 5.32 Å². The van der Waals surface area contributed by atoms with E-state index >= 15 is 0 Å². The first kappa shape index (κ1) is 14.7. The molecule has 3 nitrogen and oxygen atoms in total. The summed E-state index contributed by atoms with van der Waals surface area (Å²) >= 11 is 0. The number of nitrogens with one attached hydrogen (secondary N) is 1. The van der Waals surface area contributed by atoms with Crippen molar-refractivity contribution in [2.45, 2.75) is 39.2 Å². The monoisotopic (exact) mass is 275 g/mol. The molecule has 4 heteroatoms. The number of benzene rings is 1. The maximum Gasteiger partial charge on any atom is 0.148 e. The van der Waals surface area contributed by atoms with Crippen LogP contribution in [0.1, 0.15) is 32.8 Å². The van der Waals surface area contributed by atoms with Gasteiger partial charge in [0.15, 0.2) is 0 Å². The maximum absolute atomic E-state index is 13.7. The molecule has 1 aromatic carbocycles. The van der Waals surface area contributed by atoms with E-state index in [-0.39, 0.29) is 11.4 Å². The number of hydrogen-bond acceptors (Lipinski definition) is 2. The van der Waals surface area contributed by atoms with Crippen LogP contribution >= 0.6 is 0 Å². The minimum absolute atomic E-state index is 0.150. The lowest BCUT2D eigenvalue weighted by molar-refractivity contribution is 0.422. The summed E-state index contributed by atoms with van der Waals surface area (Å²) in [4.78, 5) is 0. The third-order valence-electron chi connectivity index (χ3n) is 3.03. The van der Waals surface area contributed by atoms with E-state index < -0.39 is 0 Å². The Morgan fingerprint density at radius 2 is 2.00 bits per heavy atom. The Labute approximate surface area is 119 Å². The van der Waals surface area contributed by atoms with Gasteiger partial charge in [-0.15, -0.1) is 0 Å². The highest BCUT2D eigenvalue weighted by atomic mass is 19.1. The largest absolute Gasteiger partial charge is 0.312 e. The quantitative estimate of drug-likeness (QED) is 0.848. The van der Waals surface area contributed by atoms with E-state index in [9.17, 15) is 4.39 Å². The highest BCUT2D eigenvalue weighted by molar-refractivity contribution is 5.32. The number of aryl methyl sites for hydroxylation is 1. The average Bonchev–Trinajstić information content (AvgIpc) is 2.83. The van der Waals surface area contributed by atoms with Crippen molar-refractivity contribution in [2.75, 3.05) is 6.54 Å². The molecule has 0 unspecified atom stereocenters. The number of hydrogen-bond donors (Lipinski definition) is 1. The van der Waals surface area contributed by atoms with Crippen LogP contribution in [0.2, 0.25) is 0 Å². The molecule has 0 bridgehead atoms. The summed E-state index contributed by atoms with van der Waals surface area (Å²) in [6.45, 7) is 7.43. The van der Waals surface area contributed by atoms with Crippen molar-refractivity contribution >= 4 is 0 Å². The zero-order valence-corrected chi connectivity index (χ0v) is 12.4. The van der Waals surface area contributed by atoms with Crippen molar-refractivity contribution in [2.24, 2.45) is 0 Å². The topological polar surface area (TPSA) is 29.9 Å². The molecule has 0 saturated carbocycles. The van der Waals surface area contributed by atoms with Crippen LogP contribution in [0.4, 0.5) is 4.39 Å². The van der Waals surface area contributed by atoms with Gasteiger partial charge in [-0.25, -0.2) is 9.07 Å². The molecular weight excluding hydrogens is 253 g/mol. The van der Waals surface area contributed by atoms with Gasteiger partial charge in [0, 0.05) is 11.7 Å². The Bertz CT molecular complexity index is 555. The molecule has 108 valence electrons. The smallest absolute Gasteiger partial charge is 0.148 e. The van der Waals surface area contributed by atoms with E-state index in [1.54, 1.807) is 16.8 Å². The van der Waals surface area contributed by atoms with Gasteiger partial charge in [0.05, 0.1) is 6.20 Å². The van der Waals surface area contributed by atoms with Gasteiger partial charge >= 0.3 is 0 Å². The van der Waals surface area contributed by atoms with Gasteiger partial charge in [-0.3, -0.25) is 0 Å². The van der Waals surface area contributed by atoms with Crippen LogP contribution in [0.15, 0.2) is 36.7 Å². The van der Waals surface area contributed by atoms with Crippen LogP contribution in [0.3, 0.4) is 0 Å². The van der Waals surface area contributed by atoms with Crippen molar-refractivity contribution in [1.82, 2.24) is 15.1 Å². The average molecular weight is 275 g/mol. The molecule has 0 aliphatic rings. The molecule has 1 aromatic heterocycles. The fourth-order valence-corrected chi connectivity index (χ4v) is 2.01. The van der Waals surface area contributed by atoms with Gasteiger partial charge in [0.25, 0.3) is 0 Å². The first-order chi connectivity index (χ1) is 9.46. The second-order valence-electron chi connectivity index (χ2n) is 6.02. The molecule has 0 spiro atoms. The standard InChI is InChI=1S/C16H22FN3/c1-16(2,3)18-10-6-7-13-11-19-20(12-13)15-9-5-4-8-14(15)17/h4-5,8-9,11-12,18H,6-7,10H2,1-3H3. The van der Waals surface area contributed by atoms with E-state index in [2.05, 4.69) is 31.2 Å². The molecule has 0 saturated heterocycles. The minimum Gasteiger partial charge on any atom is -0.312 e. The molecule has 0 aliphatic carbocycles. The Hall–Kier alpha value is -1.68. The van der Waals surface area contributed by atoms with Gasteiger partial charge < -0.3 is 5.32 Å². The predicted molar refractivity (Wildman–Crippen MR) is 79.6 cm³/mol. The summed E-state index contributed by atoms with van der Waals surface area (Å²) in [5.41, 5.74) is 1.77. The highest BCUT2D eigenvalue weighted by Crippen LogP contribution is 2.13. The van der Waals surface area contributed by atoms with E-state index in [0.29, 0.717) is 5.69 Å². The van der Waals surface area contributed by atoms with E-state index in [1.165, 1.54) is 6.07 Å². The first-order valence-electron chi connectivity index (χ1n) is 6.99. The lowest BCUT2D eigenvalue weighted by atomic mass is 10.1. The van der Waals surface area contributed by atoms with Crippen LogP contribution in [0.25, 0.3) is 5.69 Å². The van der Waals surface area contributed by atoms with Crippen LogP contribution in [-0.4, -0.2) is 21.9 Å². The van der Waals surface area contributed by atoms with Gasteiger partial charge in [0.2, 0.25) is 0 Å². The molecule has 0 atom stereocenters. The SMILES string of the molecule is CC(C)(C)NCCCc1cnn(-c2ccccc2F)c1. The third-order valence-corrected chi connectivity index (χ3v) is 3.03. The number of aromatic nitrogens is 2. The Balaban J connectivity index is 1.92. The van der Waals surface area contributed by atoms with Crippen molar-refractivity contribution in [3.63, 3.8) is 0 Å². The summed E-state index contributed by atoms with van der Waals surface area (Å²) in [5, 5.41) is 7.68. The number of para-hydroxylation sites is 1. The second kappa shape index (κ2) is 6.18. The van der Waals surface area contributed by atoms with Crippen molar-refractivity contribution in [1.29, 1.82) is 0 Å². The molecule has 2 aromatic rings. The number of nitrogens with zero attached hydrogens (tertiary/aromatic N) is 2. The predicted octanol–water partition coefficient (Wildman–Crippen LogP) is 3.33. The van der Waals surface area contributed by atoms with Crippen molar-refractivity contribution < 1.29 is 4.39 Å². The second-order valence-corrected chi connectivity index (χ2v) is 6.02. The summed E-state index contributed by atoms with van der Waals surface area (Å²) in [5.74, 6) is -0.253. The number of halogens is 1. The van der Waals surface area contributed by atoms with Gasteiger partial charge in [-0.2, -0.15) is 5.10 Å². The molecule has 0 fully saturated rings. The lowest BCUT2D eigenvalue weighted by Crippen LogP contribution is -2.36. The lowest BCUT2D eigenvalue weighted by Gasteiger charge is -2.20. The normalized spacial score (nSPS) is 11.8. The molecular formula is C16H22FN3. The van der Waals surface area contributed by atoms with Crippen molar-refractivity contribution in [3.05, 3.63) is 48.0 Å². The molecule has 0 aliphatic heterocycles. The van der Waals surface area contributed by atoms with Crippen molar-refractivity contribution in [3.8, 4) is 5.69 Å². The highest BCUT2D eigenvalue weighted by Gasteiger charge is 2.08. The Kier molecular flexibility index (Phi) is 4.55. The summed E-state index contributed by atoms with van der Waals surface area (Å²) < 4.78 is 15.3. The van der Waals surface area contributed by atoms with E-state index in [0.717, 1.165) is 24.9 Å². The van der Waals surface area contributed by atoms with Gasteiger partial charge in [-0.1, -0.05) is 12.1 Å². The first-order valence-corrected chi connectivity index (χ1v) is 6.99. The Morgan fingerprint density at radius 1 is 1.25 bits per heavy atom. The van der Waals surface area contributed by atoms with Crippen LogP contribution in [0.5, 0.6) is 0 Å². The minimum atomic E-state index is -0.253. The molecule has 1 N–H and O–H groups in total. The summed E-state index contributed by atoms with van der Waals surface area (Å²) in [6.07, 6.45) is 5.69. The third kappa shape index (κ3) is 4.17. The van der Waals surface area contributed by atoms with Crippen LogP contribution in [0, 0.1) is 5.82 Å². The fourth-order valence-electron chi connectivity index (χ4n) is 2.01. The maximum atomic E-state index is 13.7. The van der Waals surface area contributed by atoms with Gasteiger partial charge in [-0.05, 0) is 57.9 Å². The zero-order valence-electron chi connectivity index (χ0n) is 12.4. The molecule has 0 amide bonds. The molecule has 20 heavy (non-hydrogen) atoms. The summed E-state index contributed by atoms with van der Waals surface area (Å²) in [6, 6.07) is 6.67. The van der Waals surface area contributed by atoms with Crippen LogP contribution in [-0.2, 0) is 6.42 Å². The number of rotatable bonds is 5. The van der Waals surface area contributed by atoms with Gasteiger partial charge in [0.1, 0.15) is 11.5 Å². The zero-order chi connectivity index (χ0) is 14.6. The summed E-state index contributed by atoms with van der Waals surface area (Å²) in [7, 11) is 0. The fraction of sp³-hybridized carbons (Fsp3) is 0.438. The molecule has 0 radical (unpaired) electrons. The van der Waals surface area contributed by atoms with E-state index in [4.69, 9.17) is 0 Å². The Morgan fingerprint density at radius 3 is 2.70 bits per heavy atom. The van der Waals surface area contributed by atoms with E-state index in [1.807, 2.05) is 18.5 Å².